The number of halogens is 1. The number of hydrogen-bond donors (Lipinski definition) is 1. The van der Waals surface area contributed by atoms with Crippen LogP contribution in [0.4, 0.5) is 0 Å². The van der Waals surface area contributed by atoms with Crippen molar-refractivity contribution in [1.82, 2.24) is 4.90 Å². The summed E-state index contributed by atoms with van der Waals surface area (Å²) in [6.45, 7) is 0.896. The lowest BCUT2D eigenvalue weighted by Gasteiger charge is -2.41. The molecule has 1 saturated carbocycles. The molecule has 0 spiro atoms. The molecule has 1 aliphatic carbocycles. The van der Waals surface area contributed by atoms with Gasteiger partial charge in [0.1, 0.15) is 0 Å². The average molecular weight is 351 g/mol. The summed E-state index contributed by atoms with van der Waals surface area (Å²) < 4.78 is 1.33. The normalized spacial score (nSPS) is 22.5. The molecular weight excluding hydrogens is 328 g/mol. The zero-order valence-corrected chi connectivity index (χ0v) is 14.8. The van der Waals surface area contributed by atoms with E-state index >= 15 is 0 Å². The fraction of sp³-hybridized carbons (Fsp3) is 0.500. The molecule has 2 heterocycles. The van der Waals surface area contributed by atoms with Gasteiger partial charge in [-0.2, -0.15) is 0 Å². The smallest absolute Gasteiger partial charge is 0.235 e. The van der Waals surface area contributed by atoms with Crippen LogP contribution in [-0.2, 0) is 17.8 Å². The molecular formula is C18H23ClN2OS. The minimum Gasteiger partial charge on any atom is -0.368 e. The number of thiophene rings is 1. The summed E-state index contributed by atoms with van der Waals surface area (Å²) in [5, 5.41) is 1.32. The molecule has 1 amide bonds. The van der Waals surface area contributed by atoms with Crippen LogP contribution >= 0.6 is 23.7 Å². The van der Waals surface area contributed by atoms with Crippen molar-refractivity contribution in [2.24, 2.45) is 5.73 Å². The lowest BCUT2D eigenvalue weighted by molar-refractivity contribution is -0.125. The molecule has 0 saturated heterocycles. The first-order valence-corrected chi connectivity index (χ1v) is 9.10. The van der Waals surface area contributed by atoms with Crippen LogP contribution in [0.3, 0.4) is 0 Å². The molecule has 1 unspecified atom stereocenters. The van der Waals surface area contributed by atoms with Gasteiger partial charge in [-0.15, -0.1) is 23.7 Å². The van der Waals surface area contributed by atoms with Crippen LogP contribution in [0.2, 0.25) is 0 Å². The Morgan fingerprint density at radius 3 is 2.65 bits per heavy atom. The fourth-order valence-electron chi connectivity index (χ4n) is 4.15. The molecule has 3 nitrogen and oxygen atoms in total. The average Bonchev–Trinajstić information content (AvgIpc) is 2.92. The summed E-state index contributed by atoms with van der Waals surface area (Å²) in [6.07, 6.45) is 7.11. The first-order chi connectivity index (χ1) is 10.7. The highest BCUT2D eigenvalue weighted by Crippen LogP contribution is 2.39. The molecule has 0 bridgehead atoms. The van der Waals surface area contributed by atoms with Gasteiger partial charge in [-0.3, -0.25) is 9.69 Å². The van der Waals surface area contributed by atoms with E-state index < -0.39 is 0 Å². The third-order valence-electron chi connectivity index (χ3n) is 5.28. The van der Waals surface area contributed by atoms with Crippen molar-refractivity contribution in [3.63, 3.8) is 0 Å². The molecule has 1 atom stereocenters. The second kappa shape index (κ2) is 6.80. The second-order valence-electron chi connectivity index (χ2n) is 6.59. The zero-order valence-electron chi connectivity index (χ0n) is 13.2. The molecule has 1 aromatic heterocycles. The summed E-state index contributed by atoms with van der Waals surface area (Å²) >= 11 is 1.89. The highest BCUT2D eigenvalue weighted by atomic mass is 35.5. The number of benzene rings is 1. The minimum atomic E-state index is -0.161. The lowest BCUT2D eigenvalue weighted by atomic mass is 9.89. The number of amides is 1. The van der Waals surface area contributed by atoms with Gasteiger partial charge in [-0.05, 0) is 36.3 Å². The Hall–Kier alpha value is -1.10. The Bertz CT molecular complexity index is 708. The molecule has 23 heavy (non-hydrogen) atoms. The number of nitrogens with zero attached hydrogens (tertiary/aromatic N) is 1. The number of hydrogen-bond acceptors (Lipinski definition) is 3. The van der Waals surface area contributed by atoms with Gasteiger partial charge in [0.05, 0.1) is 6.04 Å². The third-order valence-corrected chi connectivity index (χ3v) is 6.48. The standard InChI is InChI=1S/C18H22N2OS.ClH/c19-18(21)15-10-14-13-8-4-5-9-16(13)22-17(14)11-20(15)12-6-2-1-3-7-12;/h4-5,8-9,12,15H,1-3,6-7,10-11H2,(H2,19,21);1H. The van der Waals surface area contributed by atoms with Crippen molar-refractivity contribution in [3.8, 4) is 0 Å². The molecule has 2 N–H and O–H groups in total. The maximum atomic E-state index is 12.1. The van der Waals surface area contributed by atoms with E-state index in [0.717, 1.165) is 13.0 Å². The minimum absolute atomic E-state index is 0. The maximum Gasteiger partial charge on any atom is 0.235 e. The number of carbonyl (C=O) groups is 1. The SMILES string of the molecule is Cl.NC(=O)C1Cc2c(sc3ccccc23)CN1C1CCCCC1. The van der Waals surface area contributed by atoms with Crippen LogP contribution in [0, 0.1) is 0 Å². The monoisotopic (exact) mass is 350 g/mol. The number of primary amides is 1. The van der Waals surface area contributed by atoms with Gasteiger partial charge < -0.3 is 5.73 Å². The van der Waals surface area contributed by atoms with E-state index in [-0.39, 0.29) is 24.4 Å². The molecule has 124 valence electrons. The predicted molar refractivity (Wildman–Crippen MR) is 98.2 cm³/mol. The van der Waals surface area contributed by atoms with E-state index in [9.17, 15) is 4.79 Å². The number of carbonyl (C=O) groups excluding carboxylic acids is 1. The van der Waals surface area contributed by atoms with E-state index in [4.69, 9.17) is 5.73 Å². The van der Waals surface area contributed by atoms with Crippen molar-refractivity contribution in [2.75, 3.05) is 0 Å². The van der Waals surface area contributed by atoms with Crippen molar-refractivity contribution < 1.29 is 4.79 Å². The number of rotatable bonds is 2. The van der Waals surface area contributed by atoms with Crippen LogP contribution in [0.25, 0.3) is 10.1 Å². The van der Waals surface area contributed by atoms with E-state index in [1.807, 2.05) is 11.3 Å². The van der Waals surface area contributed by atoms with Crippen molar-refractivity contribution in [2.45, 2.75) is 57.2 Å². The van der Waals surface area contributed by atoms with Gasteiger partial charge in [0, 0.05) is 22.2 Å². The van der Waals surface area contributed by atoms with Crippen molar-refractivity contribution in [1.29, 1.82) is 0 Å². The van der Waals surface area contributed by atoms with E-state index in [1.165, 1.54) is 52.6 Å². The molecule has 2 aromatic rings. The molecule has 2 aliphatic rings. The Morgan fingerprint density at radius 1 is 1.17 bits per heavy atom. The number of nitrogens with two attached hydrogens (primary N) is 1. The molecule has 1 aromatic carbocycles. The van der Waals surface area contributed by atoms with Gasteiger partial charge in [-0.1, -0.05) is 37.5 Å². The van der Waals surface area contributed by atoms with Gasteiger partial charge in [0.2, 0.25) is 5.91 Å². The van der Waals surface area contributed by atoms with Crippen LogP contribution < -0.4 is 5.73 Å². The first-order valence-electron chi connectivity index (χ1n) is 8.28. The van der Waals surface area contributed by atoms with Gasteiger partial charge in [0.25, 0.3) is 0 Å². The third kappa shape index (κ3) is 3.00. The highest BCUT2D eigenvalue weighted by Gasteiger charge is 2.36. The Balaban J connectivity index is 0.00000156. The second-order valence-corrected chi connectivity index (χ2v) is 7.72. The molecule has 1 fully saturated rings. The maximum absolute atomic E-state index is 12.1. The molecule has 5 heteroatoms. The highest BCUT2D eigenvalue weighted by molar-refractivity contribution is 7.19. The largest absolute Gasteiger partial charge is 0.368 e. The topological polar surface area (TPSA) is 46.3 Å². The summed E-state index contributed by atoms with van der Waals surface area (Å²) in [5.74, 6) is -0.161. The summed E-state index contributed by atoms with van der Waals surface area (Å²) in [5.41, 5.74) is 7.11. The van der Waals surface area contributed by atoms with Crippen LogP contribution in [0.5, 0.6) is 0 Å². The summed E-state index contributed by atoms with van der Waals surface area (Å²) in [7, 11) is 0. The molecule has 0 radical (unpaired) electrons. The molecule has 1 aliphatic heterocycles. The zero-order chi connectivity index (χ0) is 15.1. The van der Waals surface area contributed by atoms with Crippen molar-refractivity contribution >= 4 is 39.7 Å². The van der Waals surface area contributed by atoms with E-state index in [1.54, 1.807) is 0 Å². The lowest BCUT2D eigenvalue weighted by Crippen LogP contribution is -2.52. The first kappa shape index (κ1) is 16.7. The fourth-order valence-corrected chi connectivity index (χ4v) is 5.39. The summed E-state index contributed by atoms with van der Waals surface area (Å²) in [6, 6.07) is 8.94. The Kier molecular flexibility index (Phi) is 4.95. The predicted octanol–water partition coefficient (Wildman–Crippen LogP) is 3.87. The van der Waals surface area contributed by atoms with Gasteiger partial charge >= 0.3 is 0 Å². The van der Waals surface area contributed by atoms with E-state index in [0.29, 0.717) is 6.04 Å². The van der Waals surface area contributed by atoms with Gasteiger partial charge in [0.15, 0.2) is 0 Å². The summed E-state index contributed by atoms with van der Waals surface area (Å²) in [4.78, 5) is 15.9. The Morgan fingerprint density at radius 2 is 1.91 bits per heavy atom. The van der Waals surface area contributed by atoms with Gasteiger partial charge in [-0.25, -0.2) is 0 Å². The Labute approximate surface area is 147 Å². The van der Waals surface area contributed by atoms with Crippen LogP contribution in [0.15, 0.2) is 24.3 Å². The van der Waals surface area contributed by atoms with Crippen LogP contribution in [0.1, 0.15) is 42.5 Å². The quantitative estimate of drug-likeness (QED) is 0.893. The van der Waals surface area contributed by atoms with Crippen molar-refractivity contribution in [3.05, 3.63) is 34.7 Å². The van der Waals surface area contributed by atoms with E-state index in [2.05, 4.69) is 29.2 Å². The molecule has 4 rings (SSSR count). The number of fused-ring (bicyclic) bond motifs is 3. The van der Waals surface area contributed by atoms with Crippen LogP contribution in [-0.4, -0.2) is 22.9 Å².